The summed E-state index contributed by atoms with van der Waals surface area (Å²) in [6, 6.07) is 0. The van der Waals surface area contributed by atoms with Crippen molar-refractivity contribution in [1.82, 2.24) is 0 Å². The first-order valence-electron chi connectivity index (χ1n) is 27.8. The number of rotatable bonds is 12. The van der Waals surface area contributed by atoms with E-state index in [-0.39, 0.29) is 40.6 Å². The molecule has 0 radical (unpaired) electrons. The largest absolute Gasteiger partial charge is 0.479 e. The molecule has 14 N–H and O–H groups in total. The summed E-state index contributed by atoms with van der Waals surface area (Å²) in [6.45, 7) is 15.7. The molecule has 9 rings (SSSR count). The monoisotopic (exact) mass is 1100 g/mol. The molecule has 0 bridgehead atoms. The van der Waals surface area contributed by atoms with Gasteiger partial charge in [-0.25, -0.2) is 4.79 Å². The Morgan fingerprint density at radius 3 is 1.79 bits per heavy atom. The molecule has 4 saturated heterocycles. The third-order valence-electron chi connectivity index (χ3n) is 21.7. The second-order valence-corrected chi connectivity index (χ2v) is 26.4. The maximum absolute atomic E-state index is 12.6. The van der Waals surface area contributed by atoms with E-state index in [2.05, 4.69) is 54.5 Å². The van der Waals surface area contributed by atoms with E-state index in [9.17, 15) is 76.3 Å². The van der Waals surface area contributed by atoms with Crippen molar-refractivity contribution in [1.29, 1.82) is 0 Å². The number of hydrogen-bond acceptors (Lipinski definition) is 22. The molecule has 23 nitrogen and oxygen atoms in total. The summed E-state index contributed by atoms with van der Waals surface area (Å²) < 4.78 is 48.3. The Balaban J connectivity index is 0.950. The molecule has 0 spiro atoms. The third-order valence-corrected chi connectivity index (χ3v) is 21.7. The van der Waals surface area contributed by atoms with E-state index in [0.717, 1.165) is 32.1 Å². The van der Waals surface area contributed by atoms with Crippen molar-refractivity contribution in [2.75, 3.05) is 19.8 Å². The van der Waals surface area contributed by atoms with Crippen molar-refractivity contribution >= 4 is 5.97 Å². The minimum Gasteiger partial charge on any atom is -0.479 e. The SMILES string of the molecule is C[C@@H]1O[C@@H](O[C@H]2[C@H](O[C@H]3[C@H](O[C@H]4CC[C@@]5(C)C(CC[C@]6(C)[C@@H]5CC=C5[C@@H]7C[C@@](C)(CO[C@@H]8O[C@H](CO)[C@@H](O)[C@H](O)[C@H]8O)C[C@@H](O)[C@]7(C)CC[C@]56C)C4(C)C)O[C@H](C(=O)O)[C@@H](O)[C@@H]3O)O[C@H](CO)[C@H](O)[C@@H]2O)[C@H](O)[C@H](O)[C@H]1O. The zero-order chi connectivity index (χ0) is 56.4. The smallest absolute Gasteiger partial charge is 0.335 e. The van der Waals surface area contributed by atoms with Gasteiger partial charge in [-0.2, -0.15) is 0 Å². The van der Waals surface area contributed by atoms with Crippen LogP contribution >= 0.6 is 0 Å². The summed E-state index contributed by atoms with van der Waals surface area (Å²) in [5.41, 5.74) is -0.953. The van der Waals surface area contributed by atoms with Crippen LogP contribution in [0.15, 0.2) is 11.6 Å². The fourth-order valence-corrected chi connectivity index (χ4v) is 16.6. The molecule has 442 valence electrons. The second-order valence-electron chi connectivity index (χ2n) is 26.4. The summed E-state index contributed by atoms with van der Waals surface area (Å²) >= 11 is 0. The van der Waals surface area contributed by atoms with Crippen LogP contribution in [0.4, 0.5) is 0 Å². The summed E-state index contributed by atoms with van der Waals surface area (Å²) in [5.74, 6) is -1.34. The summed E-state index contributed by atoms with van der Waals surface area (Å²) in [6.07, 6.45) is -25.8. The van der Waals surface area contributed by atoms with Crippen molar-refractivity contribution < 1.29 is 114 Å². The molecule has 0 aromatic heterocycles. The minimum atomic E-state index is -2.07. The summed E-state index contributed by atoms with van der Waals surface area (Å²) in [7, 11) is 0. The number of allylic oxidation sites excluding steroid dienone is 2. The van der Waals surface area contributed by atoms with Crippen LogP contribution in [0.1, 0.15) is 113 Å². The summed E-state index contributed by atoms with van der Waals surface area (Å²) in [5, 5.41) is 151. The molecular weight excluding hydrogens is 1020 g/mol. The van der Waals surface area contributed by atoms with Gasteiger partial charge in [0.2, 0.25) is 0 Å². The first-order valence-corrected chi connectivity index (χ1v) is 27.8. The molecule has 5 aliphatic carbocycles. The van der Waals surface area contributed by atoms with E-state index in [1.54, 1.807) is 0 Å². The van der Waals surface area contributed by atoms with Gasteiger partial charge in [0.1, 0.15) is 85.5 Å². The molecule has 4 aliphatic heterocycles. The Hall–Kier alpha value is -1.63. The average Bonchev–Trinajstić information content (AvgIpc) is 3.37. The van der Waals surface area contributed by atoms with Gasteiger partial charge in [-0.05, 0) is 110 Å². The van der Waals surface area contributed by atoms with E-state index in [0.29, 0.717) is 25.7 Å². The molecule has 0 aromatic rings. The maximum Gasteiger partial charge on any atom is 0.335 e. The van der Waals surface area contributed by atoms with Crippen molar-refractivity contribution in [2.45, 2.75) is 248 Å². The van der Waals surface area contributed by atoms with E-state index >= 15 is 0 Å². The van der Waals surface area contributed by atoms with Crippen LogP contribution in [-0.2, 0) is 42.7 Å². The lowest BCUT2D eigenvalue weighted by molar-refractivity contribution is -0.395. The van der Waals surface area contributed by atoms with Gasteiger partial charge < -0.3 is 109 Å². The van der Waals surface area contributed by atoms with Crippen LogP contribution < -0.4 is 0 Å². The van der Waals surface area contributed by atoms with Gasteiger partial charge in [0.25, 0.3) is 0 Å². The Labute approximate surface area is 449 Å². The van der Waals surface area contributed by atoms with Crippen molar-refractivity contribution in [3.8, 4) is 0 Å². The van der Waals surface area contributed by atoms with Crippen molar-refractivity contribution in [3.63, 3.8) is 0 Å². The van der Waals surface area contributed by atoms with Gasteiger partial charge in [0.15, 0.2) is 31.3 Å². The summed E-state index contributed by atoms with van der Waals surface area (Å²) in [4.78, 5) is 12.6. The van der Waals surface area contributed by atoms with E-state index in [4.69, 9.17) is 37.9 Å². The molecule has 9 aliphatic rings. The molecule has 8 fully saturated rings. The molecule has 0 aromatic carbocycles. The standard InChI is InChI=1S/C54H88O23/c1-22-31(58)34(61)40(67)46(71-22)76-42-36(63)33(60)26(20-56)73-47(42)77-43-38(65)37(64)41(44(68)69)75-48(43)74-30-12-13-52(6)27(49(30,2)3)11-14-54(8)28(52)10-9-23-24-17-50(4,18-29(57)51(24,5)15-16-53(23,54)7)21-70-45-39(66)35(62)32(59)25(19-55)72-45/h9,22,24-43,45-48,55-67H,10-21H2,1-8H3,(H,68,69)/t22-,24-,25+,26+,27?,28+,29+,30-,31-,32+,33-,34+,35-,36-,37-,38-,39+,40+,41-,42+,43+,45+,46-,47-,48+,50+,51+,52-,53+,54+/m0/s1. The Kier molecular flexibility index (Phi) is 16.8. The van der Waals surface area contributed by atoms with E-state index in [1.807, 2.05) is 0 Å². The molecule has 30 atom stereocenters. The van der Waals surface area contributed by atoms with Gasteiger partial charge in [0.05, 0.1) is 38.1 Å². The number of ether oxygens (including phenoxy) is 8. The number of aliphatic carboxylic acids is 1. The zero-order valence-electron chi connectivity index (χ0n) is 45.4. The molecule has 23 heteroatoms. The van der Waals surface area contributed by atoms with Crippen LogP contribution in [0.5, 0.6) is 0 Å². The molecule has 4 heterocycles. The second kappa shape index (κ2) is 21.5. The first kappa shape index (κ1) is 60.0. The number of aliphatic hydroxyl groups excluding tert-OH is 13. The van der Waals surface area contributed by atoms with Gasteiger partial charge in [-0.1, -0.05) is 60.1 Å². The van der Waals surface area contributed by atoms with Crippen molar-refractivity contribution in [3.05, 3.63) is 11.6 Å². The fourth-order valence-electron chi connectivity index (χ4n) is 16.6. The lowest BCUT2D eigenvalue weighted by Gasteiger charge is -2.72. The van der Waals surface area contributed by atoms with E-state index < -0.39 is 170 Å². The lowest BCUT2D eigenvalue weighted by Crippen LogP contribution is -2.68. The predicted octanol–water partition coefficient (Wildman–Crippen LogP) is -1.47. The highest BCUT2D eigenvalue weighted by Crippen LogP contribution is 2.76. The zero-order valence-corrected chi connectivity index (χ0v) is 45.4. The van der Waals surface area contributed by atoms with Crippen molar-refractivity contribution in [2.24, 2.45) is 50.2 Å². The number of hydrogen-bond donors (Lipinski definition) is 14. The molecular formula is C54H88O23. The van der Waals surface area contributed by atoms with Crippen LogP contribution in [0.25, 0.3) is 0 Å². The Morgan fingerprint density at radius 2 is 1.16 bits per heavy atom. The molecule has 77 heavy (non-hydrogen) atoms. The minimum absolute atomic E-state index is 0.00653. The average molecular weight is 1110 g/mol. The maximum atomic E-state index is 12.6. The van der Waals surface area contributed by atoms with Crippen LogP contribution in [0.2, 0.25) is 0 Å². The number of aliphatic hydroxyl groups is 13. The number of carbonyl (C=O) groups is 1. The van der Waals surface area contributed by atoms with Crippen LogP contribution in [0, 0.1) is 50.2 Å². The predicted molar refractivity (Wildman–Crippen MR) is 263 cm³/mol. The Morgan fingerprint density at radius 1 is 0.584 bits per heavy atom. The highest BCUT2D eigenvalue weighted by molar-refractivity contribution is 5.73. The number of carboxylic acids is 1. The molecule has 0 amide bonds. The van der Waals surface area contributed by atoms with Gasteiger partial charge in [-0.15, -0.1) is 0 Å². The van der Waals surface area contributed by atoms with Gasteiger partial charge in [-0.3, -0.25) is 0 Å². The Bertz CT molecular complexity index is 2130. The third kappa shape index (κ3) is 9.80. The van der Waals surface area contributed by atoms with E-state index in [1.165, 1.54) is 12.5 Å². The van der Waals surface area contributed by atoms with Crippen LogP contribution in [0.3, 0.4) is 0 Å². The molecule has 4 saturated carbocycles. The van der Waals surface area contributed by atoms with Crippen LogP contribution in [-0.4, -0.2) is 232 Å². The normalized spacial score (nSPS) is 55.7. The first-order chi connectivity index (χ1) is 35.9. The fraction of sp³-hybridized carbons (Fsp3) is 0.944. The number of fused-ring (bicyclic) bond motifs is 7. The number of carboxylic acid groups (broad SMARTS) is 1. The van der Waals surface area contributed by atoms with Gasteiger partial charge in [0, 0.05) is 5.41 Å². The lowest BCUT2D eigenvalue weighted by atomic mass is 9.33. The highest BCUT2D eigenvalue weighted by Gasteiger charge is 2.70. The topological polar surface area (TPSA) is 374 Å². The highest BCUT2D eigenvalue weighted by atomic mass is 16.8. The van der Waals surface area contributed by atoms with Gasteiger partial charge >= 0.3 is 5.97 Å². The molecule has 1 unspecified atom stereocenters. The quantitative estimate of drug-likeness (QED) is 0.0783.